The van der Waals surface area contributed by atoms with Crippen molar-refractivity contribution >= 4 is 147 Å². The number of benzene rings is 15. The number of aryl methyl sites for hydroxylation is 3. The number of nitrogens with zero attached hydrogens (tertiary/aromatic N) is 12. The van der Waals surface area contributed by atoms with Gasteiger partial charge < -0.3 is 41.1 Å². The number of hydrogen-bond acceptors (Lipinski definition) is 9. The molecule has 15 aromatic carbocycles. The Morgan fingerprint density at radius 2 is 0.559 bits per heavy atom. The first kappa shape index (κ1) is 92.3. The molecule has 27 rings (SSSR count). The Bertz CT molecular complexity index is 9740. The van der Waals surface area contributed by atoms with Gasteiger partial charge in [-0.2, -0.15) is 18.2 Å². The van der Waals surface area contributed by atoms with Gasteiger partial charge in [0.05, 0.1) is 34.0 Å². The second-order valence-corrected chi connectivity index (χ2v) is 37.9. The van der Waals surface area contributed by atoms with E-state index in [1.807, 2.05) is 85.3 Å². The third-order valence-electron chi connectivity index (χ3n) is 27.0. The Morgan fingerprint density at radius 3 is 0.923 bits per heavy atom. The van der Waals surface area contributed by atoms with Gasteiger partial charge in [-0.3, -0.25) is 15.0 Å². The van der Waals surface area contributed by atoms with Crippen LogP contribution in [0.3, 0.4) is 0 Å². The zero-order valence-electron chi connectivity index (χ0n) is 79.3. The van der Waals surface area contributed by atoms with Gasteiger partial charge in [-0.05, 0) is 153 Å². The largest absolute Gasteiger partial charge is 2.00 e. The summed E-state index contributed by atoms with van der Waals surface area (Å²) in [4.78, 5) is 29.8. The predicted octanol–water partition coefficient (Wildman–Crippen LogP) is 31.1. The van der Waals surface area contributed by atoms with Crippen molar-refractivity contribution in [1.82, 2.24) is 56.8 Å². The van der Waals surface area contributed by atoms with Crippen LogP contribution < -0.4 is 14.2 Å². The molecular weight excluding hydrogens is 2300 g/mol. The van der Waals surface area contributed by atoms with Crippen molar-refractivity contribution in [2.24, 2.45) is 0 Å². The van der Waals surface area contributed by atoms with E-state index in [1.54, 1.807) is 0 Å². The Labute approximate surface area is 868 Å². The Hall–Kier alpha value is -15.8. The Kier molecular flexibility index (Phi) is 23.9. The molecule has 0 saturated heterocycles. The minimum atomic E-state index is -0.100. The molecular formula is C125H88N12O3Pt3. The molecule has 0 aliphatic heterocycles. The summed E-state index contributed by atoms with van der Waals surface area (Å²) in [5, 5.41) is 16.1. The molecule has 0 saturated carbocycles. The van der Waals surface area contributed by atoms with Crippen LogP contribution in [0.1, 0.15) is 69.4 Å². The van der Waals surface area contributed by atoms with Crippen molar-refractivity contribution in [3.8, 4) is 85.7 Å². The molecule has 0 unspecified atom stereocenters. The van der Waals surface area contributed by atoms with Crippen molar-refractivity contribution in [2.45, 2.75) is 73.1 Å². The number of rotatable bonds is 12. The van der Waals surface area contributed by atoms with Crippen LogP contribution in [0, 0.1) is 57.2 Å². The van der Waals surface area contributed by atoms with E-state index in [-0.39, 0.29) is 74.0 Å². The van der Waals surface area contributed by atoms with E-state index in [4.69, 9.17) is 39.1 Å². The number of ether oxygens (including phenoxy) is 3. The molecule has 27 aromatic rings. The number of imidazole rings is 3. The van der Waals surface area contributed by atoms with Gasteiger partial charge in [0.25, 0.3) is 0 Å². The fourth-order valence-electron chi connectivity index (χ4n) is 20.2. The maximum Gasteiger partial charge on any atom is 2.00 e. The van der Waals surface area contributed by atoms with Crippen molar-refractivity contribution in [1.29, 1.82) is 0 Å². The molecule has 143 heavy (non-hydrogen) atoms. The summed E-state index contributed by atoms with van der Waals surface area (Å²) in [6.45, 7) is 19.7. The van der Waals surface area contributed by atoms with Crippen molar-refractivity contribution in [3.05, 3.63) is 435 Å². The van der Waals surface area contributed by atoms with Crippen LogP contribution in [-0.2, 0) is 74.0 Å². The summed E-state index contributed by atoms with van der Waals surface area (Å²) in [7, 11) is 0. The van der Waals surface area contributed by atoms with Crippen LogP contribution in [0.25, 0.3) is 199 Å². The predicted molar refractivity (Wildman–Crippen MR) is 567 cm³/mol. The van der Waals surface area contributed by atoms with Gasteiger partial charge >= 0.3 is 63.2 Å². The van der Waals surface area contributed by atoms with Crippen LogP contribution >= 0.6 is 0 Å². The first-order chi connectivity index (χ1) is 68.4. The molecule has 0 atom stereocenters. The zero-order valence-corrected chi connectivity index (χ0v) is 86.1. The minimum absolute atomic E-state index is 0. The summed E-state index contributed by atoms with van der Waals surface area (Å²) in [5.74, 6) is 6.23. The van der Waals surface area contributed by atoms with Gasteiger partial charge in [0.2, 0.25) is 0 Å². The number of para-hydroxylation sites is 6. The minimum Gasteiger partial charge on any atom is -0.503 e. The molecule has 0 spiro atoms. The normalized spacial score (nSPS) is 11.8. The molecule has 0 fully saturated rings. The second kappa shape index (κ2) is 37.0. The van der Waals surface area contributed by atoms with Crippen LogP contribution in [0.15, 0.2) is 371 Å². The van der Waals surface area contributed by atoms with E-state index in [2.05, 4.69) is 416 Å². The first-order valence-corrected chi connectivity index (χ1v) is 47.1. The zero-order chi connectivity index (χ0) is 94.3. The monoisotopic (exact) mass is 2390 g/mol. The molecule has 0 aliphatic carbocycles. The summed E-state index contributed by atoms with van der Waals surface area (Å²) < 4.78 is 32.6. The average molecular weight is 2390 g/mol. The standard InChI is InChI=1S/2C43H32N4O.C39H24N4O.3Pt/c1-27-12-5-6-13-30(27)37-26-46-38-17-9-7-14-32(38)31-21-19-28(24-35(31)41(46)45-37)48-29-20-22-34-33-15-8-10-18-39(33)47(40(34)25-29)42-36(43(2,3)4)16-11-23-44-42;1-27-11-5-6-12-31(27)37-26-46-38-15-9-7-13-33(38)32-19-17-29(24-36(32)42(46)45-37)48-30-18-20-35-34-14-8-10-16-39(34)47(40(35)25-30)41-23-28(21-22-44-41)43(2,3)4;1-25-10-2-3-11-28(25)34-24-42-35-14-6-4-12-30(35)29-19-17-26(22-33(29)39(42)41-34)44-27-18-20-32-31-13-5-7-15-36(31)43(37(32)23-27)38-16-8-9-21-40-38;;;/h2*5-23,26H,1-4H3;2-21,24H,1H3;;;/q3*-2;3*+2. The van der Waals surface area contributed by atoms with Crippen LogP contribution in [0.5, 0.6) is 34.5 Å². The maximum atomic E-state index is 6.57. The van der Waals surface area contributed by atoms with Gasteiger partial charge in [0.1, 0.15) is 17.5 Å². The fraction of sp³-hybridized carbons (Fsp3) is 0.0880. The van der Waals surface area contributed by atoms with Gasteiger partial charge in [-0.25, -0.2) is 15.0 Å². The van der Waals surface area contributed by atoms with Gasteiger partial charge in [0.15, 0.2) is 0 Å². The molecule has 12 aromatic heterocycles. The fourth-order valence-corrected chi connectivity index (χ4v) is 20.2. The van der Waals surface area contributed by atoms with Crippen LogP contribution in [-0.4, -0.2) is 56.8 Å². The van der Waals surface area contributed by atoms with Crippen molar-refractivity contribution in [3.63, 3.8) is 0 Å². The number of pyridine rings is 6. The Balaban J connectivity index is 0.000000122. The van der Waals surface area contributed by atoms with E-state index in [0.29, 0.717) is 34.5 Å². The third kappa shape index (κ3) is 16.3. The number of fused-ring (bicyclic) bond motifs is 27. The quantitative estimate of drug-likeness (QED) is 0.0866. The van der Waals surface area contributed by atoms with E-state index in [1.165, 1.54) is 22.3 Å². The van der Waals surface area contributed by atoms with Crippen LogP contribution in [0.2, 0.25) is 0 Å². The smallest absolute Gasteiger partial charge is 0.503 e. The molecule has 0 amide bonds. The Morgan fingerprint density at radius 1 is 0.252 bits per heavy atom. The van der Waals surface area contributed by atoms with E-state index in [0.717, 1.165) is 204 Å². The molecule has 12 heterocycles. The topological polar surface area (TPSA) is 133 Å². The van der Waals surface area contributed by atoms with Gasteiger partial charge in [-0.15, -0.1) is 89.0 Å². The number of hydrogen-bond donors (Lipinski definition) is 0. The molecule has 15 nitrogen and oxygen atoms in total. The summed E-state index contributed by atoms with van der Waals surface area (Å²) in [5.41, 5.74) is 23.8. The molecule has 0 aliphatic rings. The summed E-state index contributed by atoms with van der Waals surface area (Å²) >= 11 is 0. The SMILES string of the molecule is Cc1ccccc1-c1cn2c3ccccc3c3ccc(Oc4[c-]c5c(cc4)c4ccccc4n5-c4cc(C(C)(C)C)ccn4)[c-]c3c2n1.Cc1ccccc1-c1cn2c3ccccc3c3ccc(Oc4[c-]c5c(cc4)c4ccccc4n5-c4ccccn4)[c-]c3c2n1.Cc1ccccc1-c1cn2c3ccccc3c3ccc(Oc4[c-]c5c(cc4)c4ccccc4n5-c4ncccc4C(C)(C)C)[c-]c3c2n1.[Pt+2].[Pt+2].[Pt+2]. The summed E-state index contributed by atoms with van der Waals surface area (Å²) in [6.07, 6.45) is 11.9. The van der Waals surface area contributed by atoms with Gasteiger partial charge in [-0.1, -0.05) is 303 Å². The molecule has 0 bridgehead atoms. The molecule has 18 heteroatoms. The first-order valence-electron chi connectivity index (χ1n) is 47.1. The molecule has 696 valence electrons. The van der Waals surface area contributed by atoms with E-state index < -0.39 is 0 Å². The van der Waals surface area contributed by atoms with Crippen LogP contribution in [0.4, 0.5) is 0 Å². The molecule has 0 radical (unpaired) electrons. The maximum absolute atomic E-state index is 6.57. The van der Waals surface area contributed by atoms with Crippen molar-refractivity contribution in [2.75, 3.05) is 0 Å². The average Bonchev–Trinajstić information content (AvgIpc) is 1.71. The van der Waals surface area contributed by atoms with Gasteiger partial charge in [0, 0.05) is 127 Å². The third-order valence-corrected chi connectivity index (χ3v) is 27.0. The van der Waals surface area contributed by atoms with E-state index in [9.17, 15) is 0 Å². The van der Waals surface area contributed by atoms with Crippen molar-refractivity contribution < 1.29 is 77.4 Å². The summed E-state index contributed by atoms with van der Waals surface area (Å²) in [6, 6.07) is 136. The van der Waals surface area contributed by atoms with E-state index >= 15 is 0 Å². The molecule has 0 N–H and O–H groups in total. The number of aromatic nitrogens is 12. The second-order valence-electron chi connectivity index (χ2n) is 37.9.